The Morgan fingerprint density at radius 2 is 2.20 bits per heavy atom. The van der Waals surface area contributed by atoms with Crippen LogP contribution < -0.4 is 0 Å². The predicted octanol–water partition coefficient (Wildman–Crippen LogP) is 3.69. The normalized spacial score (nSPS) is 14.3. The molecule has 0 aromatic carbocycles. The van der Waals surface area contributed by atoms with Crippen LogP contribution in [0.15, 0.2) is 11.5 Å². The summed E-state index contributed by atoms with van der Waals surface area (Å²) in [5, 5.41) is 1.71. The Hall–Kier alpha value is -1.07. The SMILES string of the molecule is CCOC(=O)/C=C/SC(=S)c1c(C)[nH]c2c1CCCC2. The molecule has 1 aliphatic rings. The van der Waals surface area contributed by atoms with Crippen molar-refractivity contribution in [2.75, 3.05) is 6.61 Å². The molecule has 20 heavy (non-hydrogen) atoms. The predicted molar refractivity (Wildman–Crippen MR) is 87.2 cm³/mol. The van der Waals surface area contributed by atoms with E-state index in [0.29, 0.717) is 6.61 Å². The zero-order valence-electron chi connectivity index (χ0n) is 11.8. The number of carbonyl (C=O) groups is 1. The van der Waals surface area contributed by atoms with Gasteiger partial charge in [0.15, 0.2) is 0 Å². The number of thiocarbonyl (C=S) groups is 1. The number of rotatable bonds is 4. The third kappa shape index (κ3) is 3.52. The van der Waals surface area contributed by atoms with Gasteiger partial charge in [-0.05, 0) is 50.5 Å². The van der Waals surface area contributed by atoms with Crippen molar-refractivity contribution in [2.24, 2.45) is 0 Å². The first-order valence-corrected chi connectivity index (χ1v) is 8.16. The average molecular weight is 309 g/mol. The van der Waals surface area contributed by atoms with Gasteiger partial charge < -0.3 is 9.72 Å². The number of thioether (sulfide) groups is 1. The van der Waals surface area contributed by atoms with E-state index in [4.69, 9.17) is 17.0 Å². The molecular weight excluding hydrogens is 290 g/mol. The van der Waals surface area contributed by atoms with Crippen molar-refractivity contribution in [1.29, 1.82) is 0 Å². The Kier molecular flexibility index (Phi) is 5.43. The maximum Gasteiger partial charge on any atom is 0.331 e. The van der Waals surface area contributed by atoms with Crippen LogP contribution in [0.25, 0.3) is 0 Å². The Bertz CT molecular complexity index is 546. The van der Waals surface area contributed by atoms with E-state index in [-0.39, 0.29) is 5.97 Å². The molecule has 0 radical (unpaired) electrons. The molecule has 0 atom stereocenters. The van der Waals surface area contributed by atoms with Crippen molar-refractivity contribution in [3.8, 4) is 0 Å². The Labute approximate surface area is 129 Å². The van der Waals surface area contributed by atoms with Gasteiger partial charge in [0.25, 0.3) is 0 Å². The number of fused-ring (bicyclic) bond motifs is 1. The number of esters is 1. The molecule has 0 bridgehead atoms. The Morgan fingerprint density at radius 3 is 2.95 bits per heavy atom. The van der Waals surface area contributed by atoms with Gasteiger partial charge in [0.2, 0.25) is 0 Å². The number of H-pyrrole nitrogens is 1. The van der Waals surface area contributed by atoms with Gasteiger partial charge in [0.05, 0.1) is 10.8 Å². The summed E-state index contributed by atoms with van der Waals surface area (Å²) in [6.07, 6.45) is 6.10. The van der Waals surface area contributed by atoms with Gasteiger partial charge in [-0.2, -0.15) is 0 Å². The third-order valence-electron chi connectivity index (χ3n) is 3.35. The zero-order valence-corrected chi connectivity index (χ0v) is 13.5. The summed E-state index contributed by atoms with van der Waals surface area (Å²) in [6.45, 7) is 4.25. The highest BCUT2D eigenvalue weighted by molar-refractivity contribution is 8.25. The van der Waals surface area contributed by atoms with Crippen molar-refractivity contribution in [3.63, 3.8) is 0 Å². The summed E-state index contributed by atoms with van der Waals surface area (Å²) in [7, 11) is 0. The average Bonchev–Trinajstić information content (AvgIpc) is 2.74. The first kappa shape index (κ1) is 15.3. The molecule has 1 heterocycles. The van der Waals surface area contributed by atoms with Crippen molar-refractivity contribution in [3.05, 3.63) is 34.0 Å². The lowest BCUT2D eigenvalue weighted by Crippen LogP contribution is -2.04. The molecule has 0 saturated heterocycles. The number of carbonyl (C=O) groups excluding carboxylic acids is 1. The van der Waals surface area contributed by atoms with Gasteiger partial charge in [-0.15, -0.1) is 0 Å². The molecule has 108 valence electrons. The summed E-state index contributed by atoms with van der Waals surface area (Å²) in [5.41, 5.74) is 5.00. The summed E-state index contributed by atoms with van der Waals surface area (Å²) < 4.78 is 5.66. The third-order valence-corrected chi connectivity index (χ3v) is 4.54. The first-order chi connectivity index (χ1) is 9.63. The molecule has 1 aliphatic carbocycles. The number of hydrogen-bond donors (Lipinski definition) is 1. The van der Waals surface area contributed by atoms with Crippen molar-refractivity contribution < 1.29 is 9.53 Å². The molecule has 2 rings (SSSR count). The lowest BCUT2D eigenvalue weighted by Gasteiger charge is -2.12. The van der Waals surface area contributed by atoms with Crippen LogP contribution in [0, 0.1) is 6.92 Å². The van der Waals surface area contributed by atoms with E-state index in [1.54, 1.807) is 12.3 Å². The maximum atomic E-state index is 11.2. The monoisotopic (exact) mass is 309 g/mol. The minimum Gasteiger partial charge on any atom is -0.463 e. The largest absolute Gasteiger partial charge is 0.463 e. The second-order valence-corrected chi connectivity index (χ2v) is 6.33. The van der Waals surface area contributed by atoms with Crippen molar-refractivity contribution in [1.82, 2.24) is 4.98 Å². The minimum atomic E-state index is -0.324. The molecule has 0 saturated carbocycles. The minimum absolute atomic E-state index is 0.324. The van der Waals surface area contributed by atoms with Gasteiger partial charge in [0, 0.05) is 23.0 Å². The number of aromatic amines is 1. The second-order valence-electron chi connectivity index (χ2n) is 4.75. The Balaban J connectivity index is 2.06. The van der Waals surface area contributed by atoms with E-state index in [1.807, 2.05) is 0 Å². The van der Waals surface area contributed by atoms with Crippen LogP contribution >= 0.6 is 24.0 Å². The molecule has 1 N–H and O–H groups in total. The van der Waals surface area contributed by atoms with E-state index < -0.39 is 0 Å². The molecule has 0 unspecified atom stereocenters. The van der Waals surface area contributed by atoms with E-state index >= 15 is 0 Å². The maximum absolute atomic E-state index is 11.2. The molecule has 3 nitrogen and oxygen atoms in total. The van der Waals surface area contributed by atoms with Gasteiger partial charge in [-0.25, -0.2) is 4.79 Å². The molecule has 0 spiro atoms. The summed E-state index contributed by atoms with van der Waals surface area (Å²) in [4.78, 5) is 14.7. The second kappa shape index (κ2) is 7.09. The zero-order chi connectivity index (χ0) is 14.5. The smallest absolute Gasteiger partial charge is 0.331 e. The summed E-state index contributed by atoms with van der Waals surface area (Å²) in [5.74, 6) is -0.324. The number of ether oxygens (including phenoxy) is 1. The first-order valence-electron chi connectivity index (χ1n) is 6.88. The topological polar surface area (TPSA) is 42.1 Å². The molecule has 0 amide bonds. The quantitative estimate of drug-likeness (QED) is 0.523. The number of aromatic nitrogens is 1. The number of hydrogen-bond acceptors (Lipinski definition) is 4. The van der Waals surface area contributed by atoms with Crippen LogP contribution in [0.3, 0.4) is 0 Å². The fourth-order valence-electron chi connectivity index (χ4n) is 2.51. The highest BCUT2D eigenvalue weighted by Crippen LogP contribution is 2.30. The fourth-order valence-corrected chi connectivity index (χ4v) is 3.65. The van der Waals surface area contributed by atoms with Crippen molar-refractivity contribution in [2.45, 2.75) is 39.5 Å². The van der Waals surface area contributed by atoms with Crippen LogP contribution in [0.4, 0.5) is 0 Å². The van der Waals surface area contributed by atoms with E-state index in [2.05, 4.69) is 11.9 Å². The standard InChI is InChI=1S/C15H19NO2S2/c1-3-18-13(17)8-9-20-15(19)14-10(2)16-12-7-5-4-6-11(12)14/h8-9,16H,3-7H2,1-2H3/b9-8+. The van der Waals surface area contributed by atoms with Crippen molar-refractivity contribution >= 4 is 34.1 Å². The summed E-state index contributed by atoms with van der Waals surface area (Å²) in [6, 6.07) is 0. The lowest BCUT2D eigenvalue weighted by molar-refractivity contribution is -0.137. The van der Waals surface area contributed by atoms with E-state index in [1.165, 1.54) is 41.9 Å². The number of nitrogens with one attached hydrogen (secondary N) is 1. The molecule has 1 aromatic heterocycles. The van der Waals surface area contributed by atoms with Gasteiger partial charge in [-0.3, -0.25) is 0 Å². The van der Waals surface area contributed by atoms with Gasteiger partial charge in [-0.1, -0.05) is 24.0 Å². The highest BCUT2D eigenvalue weighted by Gasteiger charge is 2.20. The molecule has 0 fully saturated rings. The molecular formula is C15H19NO2S2. The molecule has 0 aliphatic heterocycles. The lowest BCUT2D eigenvalue weighted by atomic mass is 9.95. The van der Waals surface area contributed by atoms with Crippen LogP contribution in [0.5, 0.6) is 0 Å². The van der Waals surface area contributed by atoms with E-state index in [9.17, 15) is 4.79 Å². The van der Waals surface area contributed by atoms with Crippen LogP contribution in [0.2, 0.25) is 0 Å². The Morgan fingerprint density at radius 1 is 1.45 bits per heavy atom. The molecule has 1 aromatic rings. The van der Waals surface area contributed by atoms with Gasteiger partial charge in [0.1, 0.15) is 0 Å². The number of aryl methyl sites for hydroxylation is 2. The fraction of sp³-hybridized carbons (Fsp3) is 0.467. The van der Waals surface area contributed by atoms with Crippen LogP contribution in [0.1, 0.15) is 42.3 Å². The van der Waals surface area contributed by atoms with Crippen LogP contribution in [-0.4, -0.2) is 21.8 Å². The summed E-state index contributed by atoms with van der Waals surface area (Å²) >= 11 is 6.91. The highest BCUT2D eigenvalue weighted by atomic mass is 32.2. The van der Waals surface area contributed by atoms with E-state index in [0.717, 1.165) is 28.3 Å². The van der Waals surface area contributed by atoms with Crippen LogP contribution in [-0.2, 0) is 22.4 Å². The molecule has 5 heteroatoms. The van der Waals surface area contributed by atoms with Gasteiger partial charge >= 0.3 is 5.97 Å².